The Labute approximate surface area is 106 Å². The molecule has 0 amide bonds. The Morgan fingerprint density at radius 1 is 1.11 bits per heavy atom. The first-order valence-electron chi connectivity index (χ1n) is 6.22. The van der Waals surface area contributed by atoms with E-state index in [9.17, 15) is 13.6 Å². The highest BCUT2D eigenvalue weighted by Gasteiger charge is 2.22. The first-order valence-corrected chi connectivity index (χ1v) is 6.22. The van der Waals surface area contributed by atoms with E-state index in [-0.39, 0.29) is 12.2 Å². The fourth-order valence-corrected chi connectivity index (χ4v) is 2.64. The van der Waals surface area contributed by atoms with Crippen molar-refractivity contribution in [1.82, 2.24) is 0 Å². The monoisotopic (exact) mass is 250 g/mol. The van der Waals surface area contributed by atoms with Crippen LogP contribution in [0.2, 0.25) is 0 Å². The second kappa shape index (κ2) is 5.42. The van der Waals surface area contributed by atoms with E-state index in [0.29, 0.717) is 11.5 Å². The molecule has 1 aromatic rings. The fraction of sp³-hybridized carbons (Fsp3) is 0.400. The molecule has 0 bridgehead atoms. The summed E-state index contributed by atoms with van der Waals surface area (Å²) in [6.45, 7) is 3.77. The number of carbonyl (C=O) groups excluding carboxylic acids is 1. The molecular weight excluding hydrogens is 234 g/mol. The number of hydrogen-bond acceptors (Lipinski definition) is 1. The lowest BCUT2D eigenvalue weighted by atomic mass is 9.78. The maximum absolute atomic E-state index is 13.5. The van der Waals surface area contributed by atoms with E-state index in [4.69, 9.17) is 0 Å². The van der Waals surface area contributed by atoms with Crippen molar-refractivity contribution in [2.24, 2.45) is 5.92 Å². The lowest BCUT2D eigenvalue weighted by Gasteiger charge is -2.27. The van der Waals surface area contributed by atoms with Crippen LogP contribution in [0.4, 0.5) is 8.78 Å². The van der Waals surface area contributed by atoms with Gasteiger partial charge < -0.3 is 0 Å². The molecule has 2 rings (SSSR count). The van der Waals surface area contributed by atoms with Gasteiger partial charge in [0.05, 0.1) is 5.56 Å². The van der Waals surface area contributed by atoms with E-state index >= 15 is 0 Å². The van der Waals surface area contributed by atoms with Crippen molar-refractivity contribution in [2.75, 3.05) is 0 Å². The molecule has 0 N–H and O–H groups in total. The quantitative estimate of drug-likeness (QED) is 0.579. The van der Waals surface area contributed by atoms with Gasteiger partial charge in [-0.2, -0.15) is 0 Å². The van der Waals surface area contributed by atoms with Crippen LogP contribution in [0.5, 0.6) is 0 Å². The molecule has 1 aliphatic carbocycles. The third-order valence-corrected chi connectivity index (χ3v) is 3.80. The Bertz CT molecular complexity index is 437. The second-order valence-electron chi connectivity index (χ2n) is 4.86. The molecule has 0 heterocycles. The van der Waals surface area contributed by atoms with Crippen LogP contribution < -0.4 is 0 Å². The molecular formula is C15H16F2O. The number of carbonyl (C=O) groups is 1. The highest BCUT2D eigenvalue weighted by molar-refractivity contribution is 5.75. The van der Waals surface area contributed by atoms with Crippen molar-refractivity contribution in [2.45, 2.75) is 31.6 Å². The molecule has 0 atom stereocenters. The van der Waals surface area contributed by atoms with Gasteiger partial charge in [-0.05, 0) is 55.2 Å². The highest BCUT2D eigenvalue weighted by atomic mass is 19.1. The molecule has 0 saturated heterocycles. The predicted molar refractivity (Wildman–Crippen MR) is 66.6 cm³/mol. The Kier molecular flexibility index (Phi) is 3.90. The number of rotatable bonds is 3. The third-order valence-electron chi connectivity index (χ3n) is 3.80. The zero-order chi connectivity index (χ0) is 13.1. The Hall–Kier alpha value is -1.51. The molecule has 0 spiro atoms. The van der Waals surface area contributed by atoms with Crippen LogP contribution in [0.3, 0.4) is 0 Å². The second-order valence-corrected chi connectivity index (χ2v) is 4.86. The normalized spacial score (nSPS) is 23.7. The zero-order valence-electron chi connectivity index (χ0n) is 10.2. The lowest BCUT2D eigenvalue weighted by molar-refractivity contribution is 0.111. The molecule has 1 saturated carbocycles. The average Bonchev–Trinajstić information content (AvgIpc) is 2.38. The molecule has 1 fully saturated rings. The number of aldehydes is 1. The molecule has 0 aliphatic heterocycles. The van der Waals surface area contributed by atoms with Crippen LogP contribution in [0.15, 0.2) is 24.8 Å². The van der Waals surface area contributed by atoms with Gasteiger partial charge in [0.25, 0.3) is 0 Å². The van der Waals surface area contributed by atoms with Gasteiger partial charge in [0.15, 0.2) is 6.29 Å². The maximum atomic E-state index is 13.5. The maximum Gasteiger partial charge on any atom is 0.155 e. The third kappa shape index (κ3) is 2.50. The zero-order valence-corrected chi connectivity index (χ0v) is 10.2. The molecule has 0 aromatic heterocycles. The van der Waals surface area contributed by atoms with Crippen LogP contribution in [-0.2, 0) is 0 Å². The first-order chi connectivity index (χ1) is 8.65. The number of benzene rings is 1. The van der Waals surface area contributed by atoms with E-state index in [1.54, 1.807) is 0 Å². The standard InChI is InChI=1S/C15H16F2O/c1-2-10-3-5-11(6-4-10)12-7-14(16)13(9-18)15(17)8-12/h2,7-11H,1,3-6H2. The van der Waals surface area contributed by atoms with Crippen LogP contribution in [0.25, 0.3) is 0 Å². The Morgan fingerprint density at radius 3 is 2.11 bits per heavy atom. The molecule has 1 aliphatic rings. The van der Waals surface area contributed by atoms with Crippen LogP contribution in [0.1, 0.15) is 47.5 Å². The number of hydrogen-bond donors (Lipinski definition) is 0. The van der Waals surface area contributed by atoms with Gasteiger partial charge >= 0.3 is 0 Å². The summed E-state index contributed by atoms with van der Waals surface area (Å²) < 4.78 is 27.0. The average molecular weight is 250 g/mol. The summed E-state index contributed by atoms with van der Waals surface area (Å²) in [5, 5.41) is 0. The first kappa shape index (κ1) is 12.9. The summed E-state index contributed by atoms with van der Waals surface area (Å²) in [6, 6.07) is 2.59. The van der Waals surface area contributed by atoms with Gasteiger partial charge in [0.1, 0.15) is 11.6 Å². The molecule has 0 radical (unpaired) electrons. The highest BCUT2D eigenvalue weighted by Crippen LogP contribution is 2.36. The number of allylic oxidation sites excluding steroid dienone is 1. The molecule has 1 aromatic carbocycles. The summed E-state index contributed by atoms with van der Waals surface area (Å²) in [5.41, 5.74) is 0.191. The van der Waals surface area contributed by atoms with Crippen LogP contribution in [0, 0.1) is 17.6 Å². The minimum atomic E-state index is -0.758. The molecule has 3 heteroatoms. The molecule has 18 heavy (non-hydrogen) atoms. The largest absolute Gasteiger partial charge is 0.298 e. The summed E-state index contributed by atoms with van der Waals surface area (Å²) in [5.74, 6) is -0.812. The van der Waals surface area contributed by atoms with Gasteiger partial charge in [-0.3, -0.25) is 4.79 Å². The van der Waals surface area contributed by atoms with Gasteiger partial charge in [0, 0.05) is 0 Å². The van der Waals surface area contributed by atoms with Crippen molar-refractivity contribution in [3.05, 3.63) is 47.5 Å². The minimum absolute atomic E-state index is 0.186. The molecule has 96 valence electrons. The Balaban J connectivity index is 2.20. The van der Waals surface area contributed by atoms with Crippen molar-refractivity contribution in [3.63, 3.8) is 0 Å². The van der Waals surface area contributed by atoms with Crippen molar-refractivity contribution in [3.8, 4) is 0 Å². The van der Waals surface area contributed by atoms with Crippen LogP contribution >= 0.6 is 0 Å². The van der Waals surface area contributed by atoms with E-state index in [2.05, 4.69) is 6.58 Å². The smallest absolute Gasteiger partial charge is 0.155 e. The molecule has 1 nitrogen and oxygen atoms in total. The predicted octanol–water partition coefficient (Wildman–Crippen LogP) is 4.24. The van der Waals surface area contributed by atoms with Gasteiger partial charge in [-0.25, -0.2) is 8.78 Å². The fourth-order valence-electron chi connectivity index (χ4n) is 2.64. The van der Waals surface area contributed by atoms with Crippen molar-refractivity contribution in [1.29, 1.82) is 0 Å². The summed E-state index contributed by atoms with van der Waals surface area (Å²) in [4.78, 5) is 10.5. The summed E-state index contributed by atoms with van der Waals surface area (Å²) >= 11 is 0. The van der Waals surface area contributed by atoms with E-state index < -0.39 is 17.2 Å². The van der Waals surface area contributed by atoms with Gasteiger partial charge in [0.2, 0.25) is 0 Å². The topological polar surface area (TPSA) is 17.1 Å². The summed E-state index contributed by atoms with van der Waals surface area (Å²) in [7, 11) is 0. The van der Waals surface area contributed by atoms with E-state index in [1.165, 1.54) is 12.1 Å². The van der Waals surface area contributed by atoms with Gasteiger partial charge in [-0.1, -0.05) is 6.08 Å². The SMILES string of the molecule is C=CC1CCC(c2cc(F)c(C=O)c(F)c2)CC1. The minimum Gasteiger partial charge on any atom is -0.298 e. The van der Waals surface area contributed by atoms with E-state index in [1.807, 2.05) is 6.08 Å². The van der Waals surface area contributed by atoms with E-state index in [0.717, 1.165) is 25.7 Å². The van der Waals surface area contributed by atoms with Crippen molar-refractivity contribution < 1.29 is 13.6 Å². The molecule has 0 unspecified atom stereocenters. The summed E-state index contributed by atoms with van der Waals surface area (Å²) in [6.07, 6.45) is 6.02. The lowest BCUT2D eigenvalue weighted by Crippen LogP contribution is -2.12. The van der Waals surface area contributed by atoms with Crippen LogP contribution in [-0.4, -0.2) is 6.29 Å². The van der Waals surface area contributed by atoms with Gasteiger partial charge in [-0.15, -0.1) is 6.58 Å². The number of halogens is 2. The Morgan fingerprint density at radius 2 is 1.67 bits per heavy atom. The van der Waals surface area contributed by atoms with Crippen molar-refractivity contribution >= 4 is 6.29 Å².